The molecular weight excluding hydrogens is 311 g/mol. The average Bonchev–Trinajstić information content (AvgIpc) is 2.85. The Labute approximate surface area is 131 Å². The largest absolute Gasteiger partial charge is 0.462 e. The van der Waals surface area contributed by atoms with Gasteiger partial charge in [-0.25, -0.2) is 9.18 Å². The summed E-state index contributed by atoms with van der Waals surface area (Å²) in [7, 11) is 0. The molecule has 0 amide bonds. The number of unbranched alkanes of at least 4 members (excludes halogenated alkanes) is 1. The lowest BCUT2D eigenvalue weighted by molar-refractivity contribution is 0.0500. The van der Waals surface area contributed by atoms with Gasteiger partial charge in [-0.05, 0) is 25.5 Å². The quantitative estimate of drug-likeness (QED) is 0.616. The van der Waals surface area contributed by atoms with Gasteiger partial charge in [0.05, 0.1) is 23.3 Å². The molecule has 0 aliphatic heterocycles. The standard InChI is InChI=1S/C15H12ClFN2O3/c1-9-12(15(20)21-8-3-2-7-18)14(19-22-9)13-10(16)5-4-6-11(13)17/h4-6H,2-3,8H2,1H3. The van der Waals surface area contributed by atoms with Crippen LogP contribution in [0.5, 0.6) is 0 Å². The minimum atomic E-state index is -0.689. The molecule has 0 bridgehead atoms. The second-order valence-electron chi connectivity index (χ2n) is 4.46. The Morgan fingerprint density at radius 2 is 2.32 bits per heavy atom. The molecule has 22 heavy (non-hydrogen) atoms. The summed E-state index contributed by atoms with van der Waals surface area (Å²) < 4.78 is 24.0. The molecule has 0 radical (unpaired) electrons. The molecule has 0 atom stereocenters. The molecular formula is C15H12ClFN2O3. The molecule has 0 saturated carbocycles. The number of esters is 1. The van der Waals surface area contributed by atoms with Crippen LogP contribution in [0.2, 0.25) is 5.02 Å². The molecule has 1 aromatic carbocycles. The number of hydrogen-bond donors (Lipinski definition) is 0. The third-order valence-corrected chi connectivity index (χ3v) is 3.25. The maximum atomic E-state index is 14.0. The predicted molar refractivity (Wildman–Crippen MR) is 76.8 cm³/mol. The van der Waals surface area contributed by atoms with Crippen LogP contribution in [-0.4, -0.2) is 17.7 Å². The number of carbonyl (C=O) groups is 1. The first kappa shape index (κ1) is 16.0. The van der Waals surface area contributed by atoms with Gasteiger partial charge in [0.25, 0.3) is 0 Å². The SMILES string of the molecule is Cc1onc(-c2c(F)cccc2Cl)c1C(=O)OCCCC#N. The van der Waals surface area contributed by atoms with Crippen molar-refractivity contribution >= 4 is 17.6 Å². The van der Waals surface area contributed by atoms with E-state index in [-0.39, 0.29) is 40.6 Å². The molecule has 114 valence electrons. The maximum Gasteiger partial charge on any atom is 0.344 e. The van der Waals surface area contributed by atoms with Gasteiger partial charge >= 0.3 is 5.97 Å². The van der Waals surface area contributed by atoms with Crippen molar-refractivity contribution in [1.82, 2.24) is 5.16 Å². The van der Waals surface area contributed by atoms with Crippen LogP contribution >= 0.6 is 11.6 Å². The minimum absolute atomic E-state index is 0.00545. The number of aromatic nitrogens is 1. The molecule has 1 aromatic heterocycles. The summed E-state index contributed by atoms with van der Waals surface area (Å²) in [6, 6.07) is 6.11. The lowest BCUT2D eigenvalue weighted by Crippen LogP contribution is -2.08. The molecule has 0 N–H and O–H groups in total. The number of halogens is 2. The molecule has 0 unspecified atom stereocenters. The van der Waals surface area contributed by atoms with Crippen LogP contribution in [0.15, 0.2) is 22.7 Å². The van der Waals surface area contributed by atoms with Gasteiger partial charge in [0, 0.05) is 6.42 Å². The fraction of sp³-hybridized carbons (Fsp3) is 0.267. The lowest BCUT2D eigenvalue weighted by atomic mass is 10.1. The highest BCUT2D eigenvalue weighted by molar-refractivity contribution is 6.33. The predicted octanol–water partition coefficient (Wildman–Crippen LogP) is 3.90. The van der Waals surface area contributed by atoms with E-state index in [1.165, 1.54) is 25.1 Å². The topological polar surface area (TPSA) is 76.1 Å². The Morgan fingerprint density at radius 1 is 1.55 bits per heavy atom. The van der Waals surface area contributed by atoms with Crippen LogP contribution in [0.25, 0.3) is 11.3 Å². The van der Waals surface area contributed by atoms with Crippen molar-refractivity contribution < 1.29 is 18.4 Å². The summed E-state index contributed by atoms with van der Waals surface area (Å²) in [6.07, 6.45) is 0.699. The maximum absolute atomic E-state index is 14.0. The summed E-state index contributed by atoms with van der Waals surface area (Å²) in [6.45, 7) is 1.61. The number of rotatable bonds is 5. The number of ether oxygens (including phenoxy) is 1. The van der Waals surface area contributed by atoms with Crippen molar-refractivity contribution in [3.63, 3.8) is 0 Å². The van der Waals surface area contributed by atoms with Crippen molar-refractivity contribution in [2.45, 2.75) is 19.8 Å². The Kier molecular flexibility index (Phi) is 5.12. The minimum Gasteiger partial charge on any atom is -0.462 e. The van der Waals surface area contributed by atoms with E-state index >= 15 is 0 Å². The fourth-order valence-electron chi connectivity index (χ4n) is 1.90. The van der Waals surface area contributed by atoms with Crippen LogP contribution in [0.4, 0.5) is 4.39 Å². The molecule has 0 aliphatic carbocycles. The Balaban J connectivity index is 2.33. The number of carbonyl (C=O) groups excluding carboxylic acids is 1. The molecule has 7 heteroatoms. The zero-order chi connectivity index (χ0) is 16.1. The van der Waals surface area contributed by atoms with Gasteiger partial charge in [-0.15, -0.1) is 0 Å². The molecule has 1 heterocycles. The van der Waals surface area contributed by atoms with E-state index < -0.39 is 11.8 Å². The Morgan fingerprint density at radius 3 is 3.00 bits per heavy atom. The summed E-state index contributed by atoms with van der Waals surface area (Å²) in [5, 5.41) is 12.3. The van der Waals surface area contributed by atoms with Crippen molar-refractivity contribution in [2.24, 2.45) is 0 Å². The van der Waals surface area contributed by atoms with Gasteiger partial charge < -0.3 is 9.26 Å². The lowest BCUT2D eigenvalue weighted by Gasteiger charge is -2.06. The van der Waals surface area contributed by atoms with E-state index in [0.29, 0.717) is 6.42 Å². The molecule has 0 spiro atoms. The number of benzene rings is 1. The first-order valence-corrected chi connectivity index (χ1v) is 6.88. The van der Waals surface area contributed by atoms with Gasteiger partial charge in [-0.1, -0.05) is 22.8 Å². The highest BCUT2D eigenvalue weighted by Gasteiger charge is 2.26. The van der Waals surface area contributed by atoms with Crippen molar-refractivity contribution in [3.05, 3.63) is 40.4 Å². The Hall–Kier alpha value is -2.39. The van der Waals surface area contributed by atoms with E-state index in [2.05, 4.69) is 5.16 Å². The van der Waals surface area contributed by atoms with E-state index in [0.717, 1.165) is 0 Å². The van der Waals surface area contributed by atoms with Crippen LogP contribution < -0.4 is 0 Å². The molecule has 0 aliphatic rings. The number of nitrogens with zero attached hydrogens (tertiary/aromatic N) is 2. The molecule has 0 fully saturated rings. The zero-order valence-electron chi connectivity index (χ0n) is 11.7. The number of hydrogen-bond acceptors (Lipinski definition) is 5. The molecule has 5 nitrogen and oxygen atoms in total. The van der Waals surface area contributed by atoms with Crippen LogP contribution in [0, 0.1) is 24.1 Å². The van der Waals surface area contributed by atoms with Gasteiger partial charge in [0.1, 0.15) is 22.8 Å². The second-order valence-corrected chi connectivity index (χ2v) is 4.86. The van der Waals surface area contributed by atoms with Gasteiger partial charge in [-0.3, -0.25) is 0 Å². The number of nitriles is 1. The second kappa shape index (κ2) is 7.05. The first-order chi connectivity index (χ1) is 10.6. The van der Waals surface area contributed by atoms with Crippen LogP contribution in [0.3, 0.4) is 0 Å². The molecule has 0 saturated heterocycles. The van der Waals surface area contributed by atoms with Gasteiger partial charge in [-0.2, -0.15) is 5.26 Å². The van der Waals surface area contributed by atoms with E-state index in [4.69, 9.17) is 26.1 Å². The monoisotopic (exact) mass is 322 g/mol. The smallest absolute Gasteiger partial charge is 0.344 e. The average molecular weight is 323 g/mol. The first-order valence-electron chi connectivity index (χ1n) is 6.51. The summed E-state index contributed by atoms with van der Waals surface area (Å²) >= 11 is 5.99. The molecule has 2 aromatic rings. The van der Waals surface area contributed by atoms with Crippen LogP contribution in [0.1, 0.15) is 29.0 Å². The number of aryl methyl sites for hydroxylation is 1. The normalized spacial score (nSPS) is 10.3. The van der Waals surface area contributed by atoms with Crippen molar-refractivity contribution in [1.29, 1.82) is 5.26 Å². The fourth-order valence-corrected chi connectivity index (χ4v) is 2.15. The van der Waals surface area contributed by atoms with Gasteiger partial charge in [0.15, 0.2) is 0 Å². The summed E-state index contributed by atoms with van der Waals surface area (Å²) in [4.78, 5) is 12.1. The van der Waals surface area contributed by atoms with Crippen molar-refractivity contribution in [3.8, 4) is 17.3 Å². The van der Waals surface area contributed by atoms with E-state index in [9.17, 15) is 9.18 Å². The third-order valence-electron chi connectivity index (χ3n) is 2.93. The summed E-state index contributed by atoms with van der Waals surface area (Å²) in [5.74, 6) is -1.09. The highest BCUT2D eigenvalue weighted by Crippen LogP contribution is 2.33. The van der Waals surface area contributed by atoms with Gasteiger partial charge in [0.2, 0.25) is 0 Å². The summed E-state index contributed by atoms with van der Waals surface area (Å²) in [5.41, 5.74) is 0.0276. The highest BCUT2D eigenvalue weighted by atomic mass is 35.5. The molecule has 2 rings (SSSR count). The van der Waals surface area contributed by atoms with E-state index in [1.807, 2.05) is 6.07 Å². The Bertz CT molecular complexity index is 717. The third kappa shape index (κ3) is 3.26. The van der Waals surface area contributed by atoms with E-state index in [1.54, 1.807) is 0 Å². The zero-order valence-corrected chi connectivity index (χ0v) is 12.5. The van der Waals surface area contributed by atoms with Crippen LogP contribution in [-0.2, 0) is 4.74 Å². The van der Waals surface area contributed by atoms with Crippen molar-refractivity contribution in [2.75, 3.05) is 6.61 Å².